The molecule has 1 aromatic rings. The lowest BCUT2D eigenvalue weighted by Gasteiger charge is -2.21. The van der Waals surface area contributed by atoms with Crippen LogP contribution in [0, 0.1) is 5.92 Å². The Morgan fingerprint density at radius 3 is 1.93 bits per heavy atom. The van der Waals surface area contributed by atoms with Gasteiger partial charge in [-0.25, -0.2) is 0 Å². The van der Waals surface area contributed by atoms with E-state index in [-0.39, 0.29) is 11.8 Å². The Morgan fingerprint density at radius 2 is 1.53 bits per heavy atom. The third-order valence-electron chi connectivity index (χ3n) is 2.72. The average Bonchev–Trinajstić information content (AvgIpc) is 2.18. The molecule has 0 bridgehead atoms. The highest BCUT2D eigenvalue weighted by molar-refractivity contribution is 6.34. The van der Waals surface area contributed by atoms with Crippen molar-refractivity contribution in [3.8, 4) is 0 Å². The maximum absolute atomic E-state index is 5.94. The monoisotopic (exact) mass is 246 g/mol. The summed E-state index contributed by atoms with van der Waals surface area (Å²) in [5.41, 5.74) is 12.4. The molecule has 4 heteroatoms. The highest BCUT2D eigenvalue weighted by atomic mass is 35.5. The van der Waals surface area contributed by atoms with E-state index in [1.165, 1.54) is 0 Å². The van der Waals surface area contributed by atoms with Crippen molar-refractivity contribution in [3.05, 3.63) is 33.8 Å². The van der Waals surface area contributed by atoms with Crippen LogP contribution in [0.15, 0.2) is 18.2 Å². The van der Waals surface area contributed by atoms with E-state index < -0.39 is 0 Å². The van der Waals surface area contributed by atoms with Crippen molar-refractivity contribution in [2.45, 2.75) is 12.8 Å². The summed E-state index contributed by atoms with van der Waals surface area (Å²) >= 11 is 11.9. The maximum atomic E-state index is 5.94. The number of hydrogen-bond acceptors (Lipinski definition) is 2. The van der Waals surface area contributed by atoms with Gasteiger partial charge in [0.15, 0.2) is 0 Å². The second kappa shape index (κ2) is 5.71. The van der Waals surface area contributed by atoms with Crippen LogP contribution in [0.1, 0.15) is 18.4 Å². The number of rotatable bonds is 4. The molecule has 1 atom stereocenters. The molecular weight excluding hydrogens is 231 g/mol. The summed E-state index contributed by atoms with van der Waals surface area (Å²) in [6.45, 7) is 3.23. The molecule has 4 N–H and O–H groups in total. The van der Waals surface area contributed by atoms with Crippen molar-refractivity contribution >= 4 is 23.2 Å². The lowest BCUT2D eigenvalue weighted by molar-refractivity contribution is 0.467. The topological polar surface area (TPSA) is 52.0 Å². The van der Waals surface area contributed by atoms with E-state index in [0.717, 1.165) is 5.56 Å². The third kappa shape index (κ3) is 3.35. The largest absolute Gasteiger partial charge is 0.330 e. The molecule has 1 rings (SSSR count). The standard InChI is InChI=1S/C11H16Cl2N2/c1-7(9(5-14)6-15)8-2-10(12)4-11(13)3-8/h2-4,7,9H,5-6,14-15H2,1H3. The first-order chi connectivity index (χ1) is 7.08. The van der Waals surface area contributed by atoms with Crippen LogP contribution in [0.3, 0.4) is 0 Å². The van der Waals surface area contributed by atoms with Crippen LogP contribution in [0.4, 0.5) is 0 Å². The van der Waals surface area contributed by atoms with Crippen LogP contribution in [-0.4, -0.2) is 13.1 Å². The second-order valence-corrected chi connectivity index (χ2v) is 4.60. The van der Waals surface area contributed by atoms with Gasteiger partial charge in [-0.3, -0.25) is 0 Å². The third-order valence-corrected chi connectivity index (χ3v) is 3.16. The van der Waals surface area contributed by atoms with Gasteiger partial charge in [0.05, 0.1) is 0 Å². The Kier molecular flexibility index (Phi) is 4.87. The van der Waals surface area contributed by atoms with Gasteiger partial charge in [0.25, 0.3) is 0 Å². The quantitative estimate of drug-likeness (QED) is 0.859. The van der Waals surface area contributed by atoms with E-state index in [9.17, 15) is 0 Å². The van der Waals surface area contributed by atoms with Crippen LogP contribution >= 0.6 is 23.2 Å². The molecule has 0 aromatic heterocycles. The molecular formula is C11H16Cl2N2. The summed E-state index contributed by atoms with van der Waals surface area (Å²) in [4.78, 5) is 0. The number of halogens is 2. The molecule has 0 aliphatic rings. The summed E-state index contributed by atoms with van der Waals surface area (Å²) in [7, 11) is 0. The zero-order valence-electron chi connectivity index (χ0n) is 8.71. The number of hydrogen-bond donors (Lipinski definition) is 2. The first kappa shape index (κ1) is 12.8. The molecule has 0 aliphatic heterocycles. The van der Waals surface area contributed by atoms with Gasteiger partial charge in [-0.1, -0.05) is 30.1 Å². The van der Waals surface area contributed by atoms with Gasteiger partial charge in [0, 0.05) is 10.0 Å². The van der Waals surface area contributed by atoms with Gasteiger partial charge in [0.1, 0.15) is 0 Å². The zero-order valence-corrected chi connectivity index (χ0v) is 10.2. The Morgan fingerprint density at radius 1 is 1.07 bits per heavy atom. The van der Waals surface area contributed by atoms with Crippen LogP contribution in [0.2, 0.25) is 10.0 Å². The fourth-order valence-electron chi connectivity index (χ4n) is 1.61. The van der Waals surface area contributed by atoms with Gasteiger partial charge in [-0.05, 0) is 48.7 Å². The molecule has 0 heterocycles. The molecule has 2 nitrogen and oxygen atoms in total. The summed E-state index contributed by atoms with van der Waals surface area (Å²) < 4.78 is 0. The lowest BCUT2D eigenvalue weighted by atomic mass is 9.88. The van der Waals surface area contributed by atoms with Crippen molar-refractivity contribution in [2.24, 2.45) is 17.4 Å². The first-order valence-corrected chi connectivity index (χ1v) is 5.70. The predicted octanol–water partition coefficient (Wildman–Crippen LogP) is 2.63. The van der Waals surface area contributed by atoms with Crippen molar-refractivity contribution < 1.29 is 0 Å². The van der Waals surface area contributed by atoms with E-state index >= 15 is 0 Å². The average molecular weight is 247 g/mol. The zero-order chi connectivity index (χ0) is 11.4. The van der Waals surface area contributed by atoms with Crippen LogP contribution in [-0.2, 0) is 0 Å². The number of nitrogens with two attached hydrogens (primary N) is 2. The summed E-state index contributed by atoms with van der Waals surface area (Å²) in [6.07, 6.45) is 0. The summed E-state index contributed by atoms with van der Waals surface area (Å²) in [5, 5.41) is 1.30. The van der Waals surface area contributed by atoms with Gasteiger partial charge in [0.2, 0.25) is 0 Å². The van der Waals surface area contributed by atoms with Crippen molar-refractivity contribution in [2.75, 3.05) is 13.1 Å². The maximum Gasteiger partial charge on any atom is 0.0423 e. The van der Waals surface area contributed by atoms with E-state index in [1.807, 2.05) is 12.1 Å². The molecule has 84 valence electrons. The van der Waals surface area contributed by atoms with E-state index in [2.05, 4.69) is 6.92 Å². The normalized spacial score (nSPS) is 13.2. The minimum atomic E-state index is 0.263. The molecule has 0 fully saturated rings. The van der Waals surface area contributed by atoms with Crippen LogP contribution in [0.25, 0.3) is 0 Å². The highest BCUT2D eigenvalue weighted by Gasteiger charge is 2.16. The summed E-state index contributed by atoms with van der Waals surface area (Å²) in [6, 6.07) is 5.55. The Labute approximate surface area is 101 Å². The molecule has 0 saturated heterocycles. The van der Waals surface area contributed by atoms with Gasteiger partial charge in [-0.2, -0.15) is 0 Å². The van der Waals surface area contributed by atoms with Gasteiger partial charge in [-0.15, -0.1) is 0 Å². The van der Waals surface area contributed by atoms with Crippen molar-refractivity contribution in [3.63, 3.8) is 0 Å². The molecule has 1 aromatic carbocycles. The molecule has 1 unspecified atom stereocenters. The first-order valence-electron chi connectivity index (χ1n) is 4.94. The van der Waals surface area contributed by atoms with Crippen LogP contribution < -0.4 is 11.5 Å². The fraction of sp³-hybridized carbons (Fsp3) is 0.455. The Balaban J connectivity index is 2.94. The molecule has 0 saturated carbocycles. The van der Waals surface area contributed by atoms with Crippen molar-refractivity contribution in [1.29, 1.82) is 0 Å². The van der Waals surface area contributed by atoms with Gasteiger partial charge >= 0.3 is 0 Å². The van der Waals surface area contributed by atoms with E-state index in [0.29, 0.717) is 23.1 Å². The fourth-order valence-corrected chi connectivity index (χ4v) is 2.16. The molecule has 0 radical (unpaired) electrons. The molecule has 0 aliphatic carbocycles. The molecule has 0 spiro atoms. The minimum Gasteiger partial charge on any atom is -0.330 e. The summed E-state index contributed by atoms with van der Waals surface area (Å²) in [5.74, 6) is 0.538. The predicted molar refractivity (Wildman–Crippen MR) is 66.5 cm³/mol. The van der Waals surface area contributed by atoms with Crippen LogP contribution in [0.5, 0.6) is 0 Å². The smallest absolute Gasteiger partial charge is 0.0423 e. The minimum absolute atomic E-state index is 0.263. The highest BCUT2D eigenvalue weighted by Crippen LogP contribution is 2.28. The van der Waals surface area contributed by atoms with E-state index in [1.54, 1.807) is 6.07 Å². The Bertz CT molecular complexity index is 304. The van der Waals surface area contributed by atoms with E-state index in [4.69, 9.17) is 34.7 Å². The SMILES string of the molecule is CC(c1cc(Cl)cc(Cl)c1)C(CN)CN. The van der Waals surface area contributed by atoms with Gasteiger partial charge < -0.3 is 11.5 Å². The molecule has 15 heavy (non-hydrogen) atoms. The lowest BCUT2D eigenvalue weighted by Crippen LogP contribution is -2.27. The molecule has 0 amide bonds. The van der Waals surface area contributed by atoms with Crippen molar-refractivity contribution in [1.82, 2.24) is 0 Å². The Hall–Kier alpha value is -0.280. The number of benzene rings is 1. The second-order valence-electron chi connectivity index (χ2n) is 3.72.